The molecule has 0 spiro atoms. The summed E-state index contributed by atoms with van der Waals surface area (Å²) < 4.78 is 0. The van der Waals surface area contributed by atoms with Crippen LogP contribution in [0, 0.1) is 0 Å². The van der Waals surface area contributed by atoms with E-state index in [2.05, 4.69) is 22.3 Å². The third kappa shape index (κ3) is 6.16. The predicted octanol–water partition coefficient (Wildman–Crippen LogP) is 2.72. The summed E-state index contributed by atoms with van der Waals surface area (Å²) in [6, 6.07) is 1.34. The summed E-state index contributed by atoms with van der Waals surface area (Å²) in [4.78, 5) is 6.92. The predicted molar refractivity (Wildman–Crippen MR) is 96.8 cm³/mol. The van der Waals surface area contributed by atoms with Crippen molar-refractivity contribution in [3.05, 3.63) is 0 Å². The molecule has 20 heavy (non-hydrogen) atoms. The van der Waals surface area contributed by atoms with Gasteiger partial charge in [-0.15, -0.1) is 24.0 Å². The first-order valence-corrected chi connectivity index (χ1v) is 8.02. The van der Waals surface area contributed by atoms with Crippen molar-refractivity contribution in [2.45, 2.75) is 69.9 Å². The Morgan fingerprint density at radius 3 is 2.35 bits per heavy atom. The molecule has 5 heteroatoms. The van der Waals surface area contributed by atoms with Gasteiger partial charge in [0.1, 0.15) is 0 Å². The molecule has 2 aliphatic rings. The number of hydrogen-bond donors (Lipinski definition) is 2. The minimum absolute atomic E-state index is 0. The highest BCUT2D eigenvalue weighted by molar-refractivity contribution is 14.0. The summed E-state index contributed by atoms with van der Waals surface area (Å²) >= 11 is 0. The van der Waals surface area contributed by atoms with Crippen molar-refractivity contribution in [2.75, 3.05) is 20.1 Å². The third-order valence-corrected chi connectivity index (χ3v) is 4.64. The van der Waals surface area contributed by atoms with E-state index in [1.807, 2.05) is 0 Å². The molecule has 0 amide bonds. The van der Waals surface area contributed by atoms with Gasteiger partial charge in [-0.1, -0.05) is 32.1 Å². The normalized spacial score (nSPS) is 22.0. The molecule has 0 aliphatic heterocycles. The molecular formula is C15H31IN4. The van der Waals surface area contributed by atoms with Gasteiger partial charge in [0.25, 0.3) is 0 Å². The standard InChI is InChI=1S/C15H30N4.HI/c1-19(14-9-5-6-10-14)12-11-17-15(16)18-13-7-3-2-4-8-13;/h13-14H,2-12H2,1H3,(H3,16,17,18);1H. The van der Waals surface area contributed by atoms with Crippen LogP contribution in [0.25, 0.3) is 0 Å². The van der Waals surface area contributed by atoms with E-state index >= 15 is 0 Å². The van der Waals surface area contributed by atoms with Gasteiger partial charge in [0.15, 0.2) is 5.96 Å². The van der Waals surface area contributed by atoms with Crippen LogP contribution in [0.5, 0.6) is 0 Å². The molecule has 0 atom stereocenters. The highest BCUT2D eigenvalue weighted by atomic mass is 127. The van der Waals surface area contributed by atoms with Gasteiger partial charge in [-0.2, -0.15) is 0 Å². The van der Waals surface area contributed by atoms with Crippen LogP contribution in [-0.2, 0) is 0 Å². The smallest absolute Gasteiger partial charge is 0.188 e. The average molecular weight is 394 g/mol. The number of hydrogen-bond acceptors (Lipinski definition) is 2. The van der Waals surface area contributed by atoms with Crippen molar-refractivity contribution in [1.29, 1.82) is 0 Å². The average Bonchev–Trinajstić information content (AvgIpc) is 2.93. The Kier molecular flexibility index (Phi) is 8.84. The zero-order valence-corrected chi connectivity index (χ0v) is 15.1. The highest BCUT2D eigenvalue weighted by Crippen LogP contribution is 2.22. The van der Waals surface area contributed by atoms with Crippen molar-refractivity contribution < 1.29 is 0 Å². The lowest BCUT2D eigenvalue weighted by Gasteiger charge is -2.24. The van der Waals surface area contributed by atoms with E-state index in [9.17, 15) is 0 Å². The van der Waals surface area contributed by atoms with E-state index in [1.54, 1.807) is 0 Å². The SMILES string of the molecule is CN(CCN=C(N)NC1CCCCC1)C1CCCC1.I. The molecule has 0 aromatic carbocycles. The fourth-order valence-corrected chi connectivity index (χ4v) is 3.36. The highest BCUT2D eigenvalue weighted by Gasteiger charge is 2.18. The number of aliphatic imine (C=N–C) groups is 1. The quantitative estimate of drug-likeness (QED) is 0.428. The molecule has 2 aliphatic carbocycles. The van der Waals surface area contributed by atoms with Gasteiger partial charge in [-0.25, -0.2) is 0 Å². The van der Waals surface area contributed by atoms with E-state index < -0.39 is 0 Å². The number of nitrogens with zero attached hydrogens (tertiary/aromatic N) is 2. The summed E-state index contributed by atoms with van der Waals surface area (Å²) in [6.07, 6.45) is 12.0. The maximum Gasteiger partial charge on any atom is 0.188 e. The fourth-order valence-electron chi connectivity index (χ4n) is 3.36. The maximum atomic E-state index is 5.96. The fraction of sp³-hybridized carbons (Fsp3) is 0.933. The second-order valence-electron chi connectivity index (χ2n) is 6.17. The van der Waals surface area contributed by atoms with Crippen LogP contribution in [-0.4, -0.2) is 43.1 Å². The lowest BCUT2D eigenvalue weighted by atomic mass is 9.96. The van der Waals surface area contributed by atoms with Crippen LogP contribution >= 0.6 is 24.0 Å². The Labute approximate surface area is 141 Å². The first-order chi connectivity index (χ1) is 9.25. The molecule has 0 unspecified atom stereocenters. The molecule has 3 N–H and O–H groups in total. The molecule has 0 aromatic heterocycles. The molecule has 0 heterocycles. The van der Waals surface area contributed by atoms with Crippen LogP contribution in [0.2, 0.25) is 0 Å². The molecule has 4 nitrogen and oxygen atoms in total. The maximum absolute atomic E-state index is 5.96. The summed E-state index contributed by atoms with van der Waals surface area (Å²) in [7, 11) is 2.22. The van der Waals surface area contributed by atoms with E-state index in [1.165, 1.54) is 57.8 Å². The number of nitrogens with one attached hydrogen (secondary N) is 1. The van der Waals surface area contributed by atoms with E-state index in [0.29, 0.717) is 12.0 Å². The first-order valence-electron chi connectivity index (χ1n) is 8.02. The first kappa shape index (κ1) is 18.0. The zero-order chi connectivity index (χ0) is 13.5. The van der Waals surface area contributed by atoms with Crippen molar-refractivity contribution >= 4 is 29.9 Å². The summed E-state index contributed by atoms with van der Waals surface area (Å²) in [5, 5.41) is 3.37. The van der Waals surface area contributed by atoms with Crippen molar-refractivity contribution in [3.8, 4) is 0 Å². The molecular weight excluding hydrogens is 363 g/mol. The van der Waals surface area contributed by atoms with Crippen molar-refractivity contribution in [1.82, 2.24) is 10.2 Å². The summed E-state index contributed by atoms with van der Waals surface area (Å²) in [5.41, 5.74) is 5.96. The molecule has 0 radical (unpaired) electrons. The summed E-state index contributed by atoms with van der Waals surface area (Å²) in [5.74, 6) is 0.645. The minimum atomic E-state index is 0. The lowest BCUT2D eigenvalue weighted by molar-refractivity contribution is 0.252. The molecule has 2 rings (SSSR count). The second kappa shape index (κ2) is 9.82. The van der Waals surface area contributed by atoms with Gasteiger partial charge in [0.2, 0.25) is 0 Å². The van der Waals surface area contributed by atoms with Crippen LogP contribution in [0.1, 0.15) is 57.8 Å². The number of nitrogens with two attached hydrogens (primary N) is 1. The minimum Gasteiger partial charge on any atom is -0.370 e. The van der Waals surface area contributed by atoms with Crippen molar-refractivity contribution in [3.63, 3.8) is 0 Å². The Balaban J connectivity index is 0.00000200. The van der Waals surface area contributed by atoms with E-state index in [0.717, 1.165) is 19.1 Å². The zero-order valence-electron chi connectivity index (χ0n) is 12.8. The van der Waals surface area contributed by atoms with Gasteiger partial charge < -0.3 is 16.0 Å². The van der Waals surface area contributed by atoms with Gasteiger partial charge in [-0.3, -0.25) is 4.99 Å². The molecule has 0 aromatic rings. The summed E-state index contributed by atoms with van der Waals surface area (Å²) in [6.45, 7) is 1.84. The topological polar surface area (TPSA) is 53.6 Å². The second-order valence-corrected chi connectivity index (χ2v) is 6.17. The Hall–Kier alpha value is -0.0400. The van der Waals surface area contributed by atoms with Gasteiger partial charge in [-0.05, 0) is 32.7 Å². The van der Waals surface area contributed by atoms with Crippen molar-refractivity contribution in [2.24, 2.45) is 10.7 Å². The van der Waals surface area contributed by atoms with Gasteiger partial charge in [0.05, 0.1) is 6.54 Å². The number of likely N-dealkylation sites (N-methyl/N-ethyl adjacent to an activating group) is 1. The Morgan fingerprint density at radius 1 is 1.10 bits per heavy atom. The van der Waals surface area contributed by atoms with Gasteiger partial charge >= 0.3 is 0 Å². The van der Waals surface area contributed by atoms with Crippen LogP contribution < -0.4 is 11.1 Å². The molecule has 118 valence electrons. The Bertz CT molecular complexity index is 284. The molecule has 0 bridgehead atoms. The number of rotatable bonds is 5. The van der Waals surface area contributed by atoms with Crippen LogP contribution in [0.15, 0.2) is 4.99 Å². The number of halogens is 1. The molecule has 2 fully saturated rings. The van der Waals surface area contributed by atoms with Crippen LogP contribution in [0.4, 0.5) is 0 Å². The third-order valence-electron chi connectivity index (χ3n) is 4.64. The van der Waals surface area contributed by atoms with E-state index in [4.69, 9.17) is 5.73 Å². The Morgan fingerprint density at radius 2 is 1.70 bits per heavy atom. The molecule has 0 saturated heterocycles. The van der Waals surface area contributed by atoms with Crippen LogP contribution in [0.3, 0.4) is 0 Å². The van der Waals surface area contributed by atoms with Gasteiger partial charge in [0, 0.05) is 18.6 Å². The largest absolute Gasteiger partial charge is 0.370 e. The number of guanidine groups is 1. The lowest BCUT2D eigenvalue weighted by Crippen LogP contribution is -2.41. The van der Waals surface area contributed by atoms with E-state index in [-0.39, 0.29) is 24.0 Å². The monoisotopic (exact) mass is 394 g/mol. The molecule has 2 saturated carbocycles.